The van der Waals surface area contributed by atoms with Crippen molar-refractivity contribution in [3.8, 4) is 0 Å². The fraction of sp³-hybridized carbons (Fsp3) is 0.294. The number of aryl methyl sites for hydroxylation is 1. The second kappa shape index (κ2) is 6.05. The van der Waals surface area contributed by atoms with Crippen LogP contribution >= 0.6 is 0 Å². The number of hydrogen-bond acceptors (Lipinski definition) is 4. The zero-order valence-corrected chi connectivity index (χ0v) is 12.5. The number of nitrogens with zero attached hydrogens (tertiary/aromatic N) is 2. The van der Waals surface area contributed by atoms with E-state index >= 15 is 0 Å². The number of benzene rings is 1. The van der Waals surface area contributed by atoms with Gasteiger partial charge in [0.05, 0.1) is 17.5 Å². The smallest absolute Gasteiger partial charge is 0.335 e. The van der Waals surface area contributed by atoms with Crippen molar-refractivity contribution in [2.45, 2.75) is 19.8 Å². The van der Waals surface area contributed by atoms with Crippen LogP contribution in [0.3, 0.4) is 0 Å². The van der Waals surface area contributed by atoms with Crippen LogP contribution in [0.15, 0.2) is 39.7 Å². The highest BCUT2D eigenvalue weighted by atomic mass is 16.4. The van der Waals surface area contributed by atoms with Crippen molar-refractivity contribution >= 4 is 23.8 Å². The maximum Gasteiger partial charge on any atom is 0.335 e. The van der Waals surface area contributed by atoms with Gasteiger partial charge in [0.15, 0.2) is 5.88 Å². The lowest BCUT2D eigenvalue weighted by molar-refractivity contribution is 0.0697. The van der Waals surface area contributed by atoms with Gasteiger partial charge in [-0.25, -0.2) is 4.79 Å². The van der Waals surface area contributed by atoms with E-state index in [0.717, 1.165) is 24.5 Å². The molecule has 1 aromatic carbocycles. The van der Waals surface area contributed by atoms with Crippen LogP contribution in [0.5, 0.6) is 0 Å². The summed E-state index contributed by atoms with van der Waals surface area (Å²) in [5.74, 6) is 0.586. The number of furan rings is 1. The van der Waals surface area contributed by atoms with Crippen molar-refractivity contribution in [2.75, 3.05) is 18.0 Å². The molecule has 114 valence electrons. The van der Waals surface area contributed by atoms with Crippen molar-refractivity contribution in [3.05, 3.63) is 47.2 Å². The zero-order valence-electron chi connectivity index (χ0n) is 12.5. The number of anilines is 1. The van der Waals surface area contributed by atoms with Crippen LogP contribution in [-0.2, 0) is 0 Å². The summed E-state index contributed by atoms with van der Waals surface area (Å²) in [6.07, 6.45) is 4.03. The highest BCUT2D eigenvalue weighted by Gasteiger charge is 2.15. The Hall–Kier alpha value is -2.56. The van der Waals surface area contributed by atoms with Crippen molar-refractivity contribution in [2.24, 2.45) is 4.99 Å². The van der Waals surface area contributed by atoms with Gasteiger partial charge in [-0.05, 0) is 43.5 Å². The van der Waals surface area contributed by atoms with E-state index in [2.05, 4.69) is 9.89 Å². The molecule has 1 aromatic heterocycles. The van der Waals surface area contributed by atoms with Gasteiger partial charge in [0.2, 0.25) is 0 Å². The summed E-state index contributed by atoms with van der Waals surface area (Å²) < 4.78 is 5.77. The van der Waals surface area contributed by atoms with Crippen molar-refractivity contribution in [3.63, 3.8) is 0 Å². The Morgan fingerprint density at radius 3 is 2.77 bits per heavy atom. The first-order chi connectivity index (χ1) is 10.6. The molecule has 0 unspecified atom stereocenters. The van der Waals surface area contributed by atoms with E-state index in [9.17, 15) is 4.79 Å². The number of aliphatic imine (C=N–C) groups is 1. The first kappa shape index (κ1) is 14.4. The van der Waals surface area contributed by atoms with E-state index < -0.39 is 5.97 Å². The molecule has 1 N–H and O–H groups in total. The molecular weight excluding hydrogens is 280 g/mol. The molecule has 3 rings (SSSR count). The van der Waals surface area contributed by atoms with E-state index in [4.69, 9.17) is 9.52 Å². The molecule has 22 heavy (non-hydrogen) atoms. The van der Waals surface area contributed by atoms with Crippen molar-refractivity contribution < 1.29 is 14.3 Å². The van der Waals surface area contributed by atoms with E-state index in [1.54, 1.807) is 24.4 Å². The van der Waals surface area contributed by atoms with Gasteiger partial charge in [0.25, 0.3) is 0 Å². The first-order valence-corrected chi connectivity index (χ1v) is 7.36. The molecule has 1 fully saturated rings. The molecule has 2 heterocycles. The number of hydrogen-bond donors (Lipinski definition) is 1. The third-order valence-electron chi connectivity index (χ3n) is 3.82. The van der Waals surface area contributed by atoms with E-state index in [-0.39, 0.29) is 5.56 Å². The summed E-state index contributed by atoms with van der Waals surface area (Å²) in [5, 5.41) is 9.03. The molecule has 0 aliphatic carbocycles. The van der Waals surface area contributed by atoms with Gasteiger partial charge in [-0.15, -0.1) is 0 Å². The molecule has 0 bridgehead atoms. The number of rotatable bonds is 4. The van der Waals surface area contributed by atoms with Crippen LogP contribution in [-0.4, -0.2) is 30.4 Å². The molecule has 0 atom stereocenters. The van der Waals surface area contributed by atoms with Gasteiger partial charge in [-0.1, -0.05) is 6.07 Å². The summed E-state index contributed by atoms with van der Waals surface area (Å²) in [6, 6.07) is 8.74. The van der Waals surface area contributed by atoms with Crippen molar-refractivity contribution in [1.82, 2.24) is 0 Å². The zero-order chi connectivity index (χ0) is 15.5. The lowest BCUT2D eigenvalue weighted by Gasteiger charge is -2.12. The van der Waals surface area contributed by atoms with E-state index in [1.807, 2.05) is 19.1 Å². The Bertz CT molecular complexity index is 712. The normalized spacial score (nSPS) is 14.9. The number of aromatic carboxylic acids is 1. The average molecular weight is 298 g/mol. The third kappa shape index (κ3) is 3.03. The minimum Gasteiger partial charge on any atom is -0.478 e. The summed E-state index contributed by atoms with van der Waals surface area (Å²) in [7, 11) is 0. The monoisotopic (exact) mass is 298 g/mol. The van der Waals surface area contributed by atoms with Gasteiger partial charge in [0, 0.05) is 19.2 Å². The Morgan fingerprint density at radius 1 is 1.27 bits per heavy atom. The van der Waals surface area contributed by atoms with Crippen LogP contribution in [0.25, 0.3) is 0 Å². The average Bonchev–Trinajstić information content (AvgIpc) is 3.17. The van der Waals surface area contributed by atoms with Crippen LogP contribution in [0.1, 0.15) is 34.5 Å². The minimum absolute atomic E-state index is 0.231. The molecule has 1 aliphatic rings. The lowest BCUT2D eigenvalue weighted by atomic mass is 10.1. The Morgan fingerprint density at radius 2 is 2.05 bits per heavy atom. The van der Waals surface area contributed by atoms with E-state index in [0.29, 0.717) is 11.4 Å². The summed E-state index contributed by atoms with van der Waals surface area (Å²) in [5.41, 5.74) is 1.79. The quantitative estimate of drug-likeness (QED) is 0.875. The molecular formula is C17H18N2O3. The Labute approximate surface area is 128 Å². The molecule has 2 aromatic rings. The molecule has 0 amide bonds. The van der Waals surface area contributed by atoms with Gasteiger partial charge in [-0.2, -0.15) is 0 Å². The second-order valence-electron chi connectivity index (χ2n) is 5.43. The van der Waals surface area contributed by atoms with Gasteiger partial charge in [0.1, 0.15) is 5.76 Å². The van der Waals surface area contributed by atoms with E-state index in [1.165, 1.54) is 12.8 Å². The van der Waals surface area contributed by atoms with Crippen LogP contribution in [0, 0.1) is 6.92 Å². The highest BCUT2D eigenvalue weighted by molar-refractivity contribution is 5.89. The van der Waals surface area contributed by atoms with Crippen LogP contribution < -0.4 is 4.90 Å². The molecule has 1 aliphatic heterocycles. The molecule has 5 heteroatoms. The highest BCUT2D eigenvalue weighted by Crippen LogP contribution is 2.24. The Balaban J connectivity index is 1.79. The molecule has 5 nitrogen and oxygen atoms in total. The predicted octanol–water partition coefficient (Wildman–Crippen LogP) is 3.64. The third-order valence-corrected chi connectivity index (χ3v) is 3.82. The largest absolute Gasteiger partial charge is 0.478 e. The number of carboxylic acid groups (broad SMARTS) is 1. The summed E-state index contributed by atoms with van der Waals surface area (Å²) in [4.78, 5) is 17.6. The van der Waals surface area contributed by atoms with Crippen LogP contribution in [0.4, 0.5) is 11.6 Å². The molecule has 0 spiro atoms. The van der Waals surface area contributed by atoms with Gasteiger partial charge >= 0.3 is 5.97 Å². The number of carbonyl (C=O) groups is 1. The van der Waals surface area contributed by atoms with Crippen molar-refractivity contribution in [1.29, 1.82) is 0 Å². The molecule has 0 saturated carbocycles. The second-order valence-corrected chi connectivity index (χ2v) is 5.43. The summed E-state index contributed by atoms with van der Waals surface area (Å²) >= 11 is 0. The first-order valence-electron chi connectivity index (χ1n) is 7.36. The Kier molecular flexibility index (Phi) is 3.96. The lowest BCUT2D eigenvalue weighted by Crippen LogP contribution is -2.16. The minimum atomic E-state index is -0.953. The number of carboxylic acids is 1. The SMILES string of the molecule is Cc1ccc(C(=O)O)cc1N=Cc1ccc(N2CCCC2)o1. The van der Waals surface area contributed by atoms with Gasteiger partial charge < -0.3 is 14.4 Å². The predicted molar refractivity (Wildman–Crippen MR) is 85.5 cm³/mol. The molecule has 0 radical (unpaired) electrons. The standard InChI is InChI=1S/C17H18N2O3/c1-12-4-5-13(17(20)21)10-15(12)18-11-14-6-7-16(22-14)19-8-2-3-9-19/h4-7,10-11H,2-3,8-9H2,1H3,(H,20,21). The summed E-state index contributed by atoms with van der Waals surface area (Å²) in [6.45, 7) is 3.96. The topological polar surface area (TPSA) is 66.0 Å². The van der Waals surface area contributed by atoms with Crippen LogP contribution in [0.2, 0.25) is 0 Å². The maximum absolute atomic E-state index is 11.0. The maximum atomic E-state index is 11.0. The fourth-order valence-electron chi connectivity index (χ4n) is 2.53. The molecule has 1 saturated heterocycles. The van der Waals surface area contributed by atoms with Gasteiger partial charge in [-0.3, -0.25) is 4.99 Å². The fourth-order valence-corrected chi connectivity index (χ4v) is 2.53.